The molecule has 4 heteroatoms. The van der Waals surface area contributed by atoms with Crippen LogP contribution in [0.4, 0.5) is 0 Å². The summed E-state index contributed by atoms with van der Waals surface area (Å²) in [6.45, 7) is 7.64. The molecule has 2 saturated heterocycles. The van der Waals surface area contributed by atoms with Gasteiger partial charge in [0.15, 0.2) is 0 Å². The zero-order valence-electron chi connectivity index (χ0n) is 9.79. The average molecular weight is 236 g/mol. The Hall–Kier alpha value is -1.58. The van der Waals surface area contributed by atoms with Crippen LogP contribution in [0, 0.1) is 0 Å². The highest BCUT2D eigenvalue weighted by molar-refractivity contribution is 5.90. The number of ether oxygens (including phenoxy) is 2. The number of hydrogen-bond acceptors (Lipinski definition) is 4. The van der Waals surface area contributed by atoms with Gasteiger partial charge in [-0.1, -0.05) is 13.2 Å². The SMILES string of the molecule is C=C1CCCC2(CCOC1=O)CC(=C)C(=O)O2. The molecule has 0 aromatic heterocycles. The van der Waals surface area contributed by atoms with Gasteiger partial charge in [-0.3, -0.25) is 0 Å². The maximum Gasteiger partial charge on any atom is 0.334 e. The molecule has 1 unspecified atom stereocenters. The zero-order chi connectivity index (χ0) is 12.5. The van der Waals surface area contributed by atoms with Crippen molar-refractivity contribution >= 4 is 11.9 Å². The summed E-state index contributed by atoms with van der Waals surface area (Å²) in [7, 11) is 0. The molecule has 0 aromatic rings. The van der Waals surface area contributed by atoms with E-state index in [2.05, 4.69) is 13.2 Å². The van der Waals surface area contributed by atoms with Crippen molar-refractivity contribution in [1.29, 1.82) is 0 Å². The summed E-state index contributed by atoms with van der Waals surface area (Å²) >= 11 is 0. The van der Waals surface area contributed by atoms with Crippen LogP contribution in [0.15, 0.2) is 24.3 Å². The van der Waals surface area contributed by atoms with E-state index in [1.54, 1.807) is 0 Å². The van der Waals surface area contributed by atoms with Gasteiger partial charge in [0.2, 0.25) is 0 Å². The Labute approximate surface area is 100 Å². The smallest absolute Gasteiger partial charge is 0.334 e. The molecule has 2 aliphatic rings. The Morgan fingerprint density at radius 3 is 2.47 bits per heavy atom. The molecule has 0 aliphatic carbocycles. The maximum absolute atomic E-state index is 11.4. The number of carbonyl (C=O) groups is 2. The first-order valence-electron chi connectivity index (χ1n) is 5.78. The van der Waals surface area contributed by atoms with Crippen LogP contribution in [0.2, 0.25) is 0 Å². The van der Waals surface area contributed by atoms with Crippen LogP contribution in [0.3, 0.4) is 0 Å². The molecular weight excluding hydrogens is 220 g/mol. The molecule has 0 amide bonds. The Balaban J connectivity index is 2.10. The first-order valence-corrected chi connectivity index (χ1v) is 5.78. The monoisotopic (exact) mass is 236 g/mol. The van der Waals surface area contributed by atoms with Crippen molar-refractivity contribution in [3.63, 3.8) is 0 Å². The number of cyclic esters (lactones) is 1. The summed E-state index contributed by atoms with van der Waals surface area (Å²) in [5, 5.41) is 0. The lowest BCUT2D eigenvalue weighted by Crippen LogP contribution is -2.30. The predicted molar refractivity (Wildman–Crippen MR) is 61.1 cm³/mol. The molecule has 2 fully saturated rings. The molecular formula is C13H16O4. The van der Waals surface area contributed by atoms with E-state index in [4.69, 9.17) is 9.47 Å². The fraction of sp³-hybridized carbons (Fsp3) is 0.538. The zero-order valence-corrected chi connectivity index (χ0v) is 9.79. The lowest BCUT2D eigenvalue weighted by molar-refractivity contribution is -0.149. The van der Waals surface area contributed by atoms with Crippen molar-refractivity contribution in [3.05, 3.63) is 24.3 Å². The summed E-state index contributed by atoms with van der Waals surface area (Å²) in [5.41, 5.74) is 0.485. The normalized spacial score (nSPS) is 30.6. The van der Waals surface area contributed by atoms with E-state index in [9.17, 15) is 9.59 Å². The van der Waals surface area contributed by atoms with Crippen molar-refractivity contribution in [2.75, 3.05) is 6.61 Å². The molecule has 17 heavy (non-hydrogen) atoms. The highest BCUT2D eigenvalue weighted by atomic mass is 16.6. The minimum atomic E-state index is -0.515. The third-order valence-electron chi connectivity index (χ3n) is 3.32. The van der Waals surface area contributed by atoms with Gasteiger partial charge in [0.05, 0.1) is 6.61 Å². The largest absolute Gasteiger partial charge is 0.462 e. The molecule has 92 valence electrons. The summed E-state index contributed by atoms with van der Waals surface area (Å²) < 4.78 is 10.5. The molecule has 1 atom stereocenters. The van der Waals surface area contributed by atoms with Gasteiger partial charge in [0.1, 0.15) is 5.60 Å². The molecule has 4 nitrogen and oxygen atoms in total. The van der Waals surface area contributed by atoms with E-state index in [1.807, 2.05) is 0 Å². The highest BCUT2D eigenvalue weighted by Crippen LogP contribution is 2.38. The molecule has 0 radical (unpaired) electrons. The van der Waals surface area contributed by atoms with Crippen LogP contribution >= 0.6 is 0 Å². The predicted octanol–water partition coefficient (Wildman–Crippen LogP) is 1.90. The lowest BCUT2D eigenvalue weighted by Gasteiger charge is -2.26. The number of esters is 2. The second-order valence-corrected chi connectivity index (χ2v) is 4.70. The molecule has 2 aliphatic heterocycles. The maximum atomic E-state index is 11.4. The summed E-state index contributed by atoms with van der Waals surface area (Å²) in [5.74, 6) is -0.667. The lowest BCUT2D eigenvalue weighted by atomic mass is 9.89. The van der Waals surface area contributed by atoms with Crippen LogP contribution in [-0.4, -0.2) is 24.1 Å². The molecule has 0 saturated carbocycles. The van der Waals surface area contributed by atoms with E-state index < -0.39 is 5.60 Å². The summed E-state index contributed by atoms with van der Waals surface area (Å²) in [6, 6.07) is 0. The number of carbonyl (C=O) groups excluding carboxylic acids is 2. The second kappa shape index (κ2) is 4.35. The molecule has 2 rings (SSSR count). The topological polar surface area (TPSA) is 52.6 Å². The molecule has 0 aromatic carbocycles. The van der Waals surface area contributed by atoms with Crippen molar-refractivity contribution in [3.8, 4) is 0 Å². The van der Waals surface area contributed by atoms with Crippen molar-refractivity contribution in [2.45, 2.75) is 37.7 Å². The van der Waals surface area contributed by atoms with E-state index >= 15 is 0 Å². The Bertz CT molecular complexity index is 344. The van der Waals surface area contributed by atoms with Gasteiger partial charge in [0, 0.05) is 24.0 Å². The third-order valence-corrected chi connectivity index (χ3v) is 3.32. The van der Waals surface area contributed by atoms with E-state index in [0.29, 0.717) is 30.4 Å². The quantitative estimate of drug-likeness (QED) is 0.476. The average Bonchev–Trinajstić information content (AvgIpc) is 2.56. The summed E-state index contributed by atoms with van der Waals surface area (Å²) in [4.78, 5) is 22.8. The van der Waals surface area contributed by atoms with Gasteiger partial charge >= 0.3 is 11.9 Å². The highest BCUT2D eigenvalue weighted by Gasteiger charge is 2.42. The third kappa shape index (κ3) is 2.40. The minimum Gasteiger partial charge on any atom is -0.462 e. The van der Waals surface area contributed by atoms with Crippen molar-refractivity contribution in [2.24, 2.45) is 0 Å². The molecule has 2 heterocycles. The summed E-state index contributed by atoms with van der Waals surface area (Å²) in [6.07, 6.45) is 3.17. The molecule has 1 spiro atoms. The van der Waals surface area contributed by atoms with Crippen molar-refractivity contribution < 1.29 is 19.1 Å². The number of hydrogen-bond donors (Lipinski definition) is 0. The van der Waals surface area contributed by atoms with Gasteiger partial charge in [0.25, 0.3) is 0 Å². The van der Waals surface area contributed by atoms with Crippen LogP contribution in [0.1, 0.15) is 32.1 Å². The van der Waals surface area contributed by atoms with Gasteiger partial charge in [-0.05, 0) is 19.3 Å². The second-order valence-electron chi connectivity index (χ2n) is 4.70. The van der Waals surface area contributed by atoms with E-state index in [-0.39, 0.29) is 18.5 Å². The van der Waals surface area contributed by atoms with Crippen LogP contribution in [0.5, 0.6) is 0 Å². The number of rotatable bonds is 0. The Kier molecular flexibility index (Phi) is 3.05. The fourth-order valence-corrected chi connectivity index (χ4v) is 2.33. The van der Waals surface area contributed by atoms with E-state index in [1.165, 1.54) is 0 Å². The van der Waals surface area contributed by atoms with E-state index in [0.717, 1.165) is 12.8 Å². The Morgan fingerprint density at radius 1 is 1.06 bits per heavy atom. The van der Waals surface area contributed by atoms with Crippen LogP contribution < -0.4 is 0 Å². The van der Waals surface area contributed by atoms with Crippen molar-refractivity contribution in [1.82, 2.24) is 0 Å². The van der Waals surface area contributed by atoms with Gasteiger partial charge in [-0.2, -0.15) is 0 Å². The Morgan fingerprint density at radius 2 is 1.82 bits per heavy atom. The molecule has 0 bridgehead atoms. The fourth-order valence-electron chi connectivity index (χ4n) is 2.33. The van der Waals surface area contributed by atoms with Gasteiger partial charge in [-0.25, -0.2) is 9.59 Å². The minimum absolute atomic E-state index is 0.262. The van der Waals surface area contributed by atoms with Gasteiger partial charge < -0.3 is 9.47 Å². The molecule has 0 N–H and O–H groups in total. The first-order chi connectivity index (χ1) is 8.02. The van der Waals surface area contributed by atoms with Gasteiger partial charge in [-0.15, -0.1) is 0 Å². The van der Waals surface area contributed by atoms with Crippen LogP contribution in [0.25, 0.3) is 0 Å². The van der Waals surface area contributed by atoms with Crippen LogP contribution in [-0.2, 0) is 19.1 Å². The standard InChI is InChI=1S/C13H16O4/c1-9-4-3-5-13(6-7-16-11(9)14)8-10(2)12(15)17-13/h1-8H2. The first kappa shape index (κ1) is 11.9.